The lowest BCUT2D eigenvalue weighted by atomic mass is 10.2. The number of carbonyl (C=O) groups is 1. The van der Waals surface area contributed by atoms with Gasteiger partial charge in [0.25, 0.3) is 5.91 Å². The van der Waals surface area contributed by atoms with Crippen LogP contribution in [0.3, 0.4) is 0 Å². The molecule has 0 spiro atoms. The molecule has 0 aliphatic carbocycles. The number of sulfonamides is 1. The van der Waals surface area contributed by atoms with Gasteiger partial charge in [0.05, 0.1) is 31.4 Å². The number of nitrogens with one attached hydrogen (secondary N) is 1. The Labute approximate surface area is 181 Å². The molecule has 3 rings (SSSR count). The van der Waals surface area contributed by atoms with Crippen LogP contribution in [0.4, 0.5) is 0 Å². The van der Waals surface area contributed by atoms with Crippen LogP contribution < -0.4 is 14.2 Å². The quantitative estimate of drug-likeness (QED) is 0.516. The summed E-state index contributed by atoms with van der Waals surface area (Å²) in [6, 6.07) is 16.3. The van der Waals surface area contributed by atoms with Gasteiger partial charge in [-0.2, -0.15) is 0 Å². The molecule has 0 aliphatic rings. The van der Waals surface area contributed by atoms with Crippen LogP contribution in [0, 0.1) is 0 Å². The van der Waals surface area contributed by atoms with E-state index in [2.05, 4.69) is 4.72 Å². The van der Waals surface area contributed by atoms with Crippen LogP contribution in [0.1, 0.15) is 16.1 Å². The first-order valence-corrected chi connectivity index (χ1v) is 11.0. The summed E-state index contributed by atoms with van der Waals surface area (Å²) >= 11 is 0. The smallest absolute Gasteiger partial charge is 0.253 e. The van der Waals surface area contributed by atoms with Crippen LogP contribution in [0.15, 0.2) is 76.2 Å². The Balaban J connectivity index is 1.52. The van der Waals surface area contributed by atoms with Crippen molar-refractivity contribution in [1.29, 1.82) is 0 Å². The highest BCUT2D eigenvalue weighted by Crippen LogP contribution is 2.17. The molecule has 0 radical (unpaired) electrons. The predicted molar refractivity (Wildman–Crippen MR) is 115 cm³/mol. The second kappa shape index (κ2) is 10.1. The number of rotatable bonds is 10. The van der Waals surface area contributed by atoms with Gasteiger partial charge < -0.3 is 18.8 Å². The van der Waals surface area contributed by atoms with Crippen LogP contribution >= 0.6 is 0 Å². The average molecular weight is 445 g/mol. The Kier molecular flexibility index (Phi) is 7.32. The maximum atomic E-state index is 12.6. The van der Waals surface area contributed by atoms with E-state index >= 15 is 0 Å². The van der Waals surface area contributed by atoms with Gasteiger partial charge in [-0.1, -0.05) is 0 Å². The number of amides is 1. The fourth-order valence-electron chi connectivity index (χ4n) is 2.73. The molecule has 0 unspecified atom stereocenters. The molecule has 0 atom stereocenters. The Bertz CT molecular complexity index is 1080. The normalized spacial score (nSPS) is 11.2. The third-order valence-electron chi connectivity index (χ3n) is 4.53. The van der Waals surface area contributed by atoms with E-state index in [4.69, 9.17) is 13.9 Å². The van der Waals surface area contributed by atoms with Gasteiger partial charge in [-0.3, -0.25) is 4.79 Å². The van der Waals surface area contributed by atoms with Gasteiger partial charge in [0, 0.05) is 12.6 Å². The first-order chi connectivity index (χ1) is 14.9. The number of hydrogen-bond acceptors (Lipinski definition) is 6. The summed E-state index contributed by atoms with van der Waals surface area (Å²) in [4.78, 5) is 14.2. The molecule has 2 aromatic carbocycles. The molecular weight excluding hydrogens is 420 g/mol. The van der Waals surface area contributed by atoms with Crippen molar-refractivity contribution in [2.45, 2.75) is 11.4 Å². The molecular formula is C22H24N2O6S. The molecule has 9 heteroatoms. The highest BCUT2D eigenvalue weighted by molar-refractivity contribution is 7.89. The molecule has 31 heavy (non-hydrogen) atoms. The Morgan fingerprint density at radius 2 is 1.71 bits per heavy atom. The van der Waals surface area contributed by atoms with Crippen molar-refractivity contribution in [3.63, 3.8) is 0 Å². The van der Waals surface area contributed by atoms with Crippen molar-refractivity contribution in [3.8, 4) is 11.5 Å². The zero-order valence-corrected chi connectivity index (χ0v) is 18.1. The van der Waals surface area contributed by atoms with Crippen LogP contribution in [-0.4, -0.2) is 46.5 Å². The van der Waals surface area contributed by atoms with Crippen molar-refractivity contribution in [2.24, 2.45) is 0 Å². The maximum Gasteiger partial charge on any atom is 0.253 e. The standard InChI is InChI=1S/C22H24N2O6S/c1-24(13-15-30-19-9-7-18(28-2)8-10-19)22(25)17-5-11-21(12-6-17)31(26,27)23-16-20-4-3-14-29-20/h3-12,14,23H,13,15-16H2,1-2H3. The highest BCUT2D eigenvalue weighted by atomic mass is 32.2. The zero-order valence-electron chi connectivity index (χ0n) is 17.3. The monoisotopic (exact) mass is 444 g/mol. The largest absolute Gasteiger partial charge is 0.497 e. The van der Waals surface area contributed by atoms with Crippen LogP contribution in [0.5, 0.6) is 11.5 Å². The van der Waals surface area contributed by atoms with Crippen LogP contribution in [0.25, 0.3) is 0 Å². The van der Waals surface area contributed by atoms with Gasteiger partial charge in [0.2, 0.25) is 10.0 Å². The molecule has 0 fully saturated rings. The lowest BCUT2D eigenvalue weighted by Gasteiger charge is -2.18. The summed E-state index contributed by atoms with van der Waals surface area (Å²) < 4.78 is 43.1. The fourth-order valence-corrected chi connectivity index (χ4v) is 3.73. The van der Waals surface area contributed by atoms with E-state index < -0.39 is 10.0 Å². The van der Waals surface area contributed by atoms with Gasteiger partial charge in [0.1, 0.15) is 23.9 Å². The lowest BCUT2D eigenvalue weighted by molar-refractivity contribution is 0.0773. The van der Waals surface area contributed by atoms with Crippen LogP contribution in [-0.2, 0) is 16.6 Å². The molecule has 0 saturated carbocycles. The Morgan fingerprint density at radius 3 is 2.32 bits per heavy atom. The number of furan rings is 1. The van der Waals surface area contributed by atoms with Gasteiger partial charge in [0.15, 0.2) is 0 Å². The van der Waals surface area contributed by atoms with Gasteiger partial charge in [-0.25, -0.2) is 13.1 Å². The van der Waals surface area contributed by atoms with E-state index in [0.717, 1.165) is 5.75 Å². The molecule has 1 amide bonds. The topological polar surface area (TPSA) is 98.1 Å². The average Bonchev–Trinajstić information content (AvgIpc) is 3.31. The third-order valence-corrected chi connectivity index (χ3v) is 5.95. The SMILES string of the molecule is COc1ccc(OCCN(C)C(=O)c2ccc(S(=O)(=O)NCc3ccco3)cc2)cc1. The summed E-state index contributed by atoms with van der Waals surface area (Å²) in [5, 5.41) is 0. The number of carbonyl (C=O) groups excluding carboxylic acids is 1. The zero-order chi connectivity index (χ0) is 22.3. The second-order valence-corrected chi connectivity index (χ2v) is 8.45. The predicted octanol–water partition coefficient (Wildman–Crippen LogP) is 2.92. The number of hydrogen-bond donors (Lipinski definition) is 1. The van der Waals surface area contributed by atoms with Crippen molar-refractivity contribution in [2.75, 3.05) is 27.3 Å². The molecule has 3 aromatic rings. The first kappa shape index (κ1) is 22.4. The summed E-state index contributed by atoms with van der Waals surface area (Å²) in [5.74, 6) is 1.69. The van der Waals surface area contributed by atoms with Crippen molar-refractivity contribution in [1.82, 2.24) is 9.62 Å². The minimum atomic E-state index is -3.71. The molecule has 0 aliphatic heterocycles. The Morgan fingerprint density at radius 1 is 1.03 bits per heavy atom. The van der Waals surface area contributed by atoms with Gasteiger partial charge in [-0.15, -0.1) is 0 Å². The van der Waals surface area contributed by atoms with Crippen molar-refractivity contribution < 1.29 is 27.1 Å². The molecule has 0 saturated heterocycles. The van der Waals surface area contributed by atoms with E-state index in [1.54, 1.807) is 50.6 Å². The number of benzene rings is 2. The summed E-state index contributed by atoms with van der Waals surface area (Å²) in [6.45, 7) is 0.736. The van der Waals surface area contributed by atoms with E-state index in [0.29, 0.717) is 30.2 Å². The minimum absolute atomic E-state index is 0.0486. The van der Waals surface area contributed by atoms with Crippen molar-refractivity contribution in [3.05, 3.63) is 78.3 Å². The molecule has 1 heterocycles. The number of methoxy groups -OCH3 is 1. The van der Waals surface area contributed by atoms with Gasteiger partial charge >= 0.3 is 0 Å². The van der Waals surface area contributed by atoms with E-state index in [1.807, 2.05) is 0 Å². The third kappa shape index (κ3) is 6.09. The lowest BCUT2D eigenvalue weighted by Crippen LogP contribution is -2.31. The molecule has 1 aromatic heterocycles. The molecule has 8 nitrogen and oxygen atoms in total. The highest BCUT2D eigenvalue weighted by Gasteiger charge is 2.17. The van der Waals surface area contributed by atoms with E-state index in [9.17, 15) is 13.2 Å². The Hall–Kier alpha value is -3.30. The van der Waals surface area contributed by atoms with Crippen molar-refractivity contribution >= 4 is 15.9 Å². The second-order valence-electron chi connectivity index (χ2n) is 6.68. The van der Waals surface area contributed by atoms with E-state index in [1.165, 1.54) is 35.4 Å². The molecule has 1 N–H and O–H groups in total. The summed E-state index contributed by atoms with van der Waals surface area (Å²) in [5.41, 5.74) is 0.386. The number of ether oxygens (including phenoxy) is 2. The minimum Gasteiger partial charge on any atom is -0.497 e. The number of nitrogens with zero attached hydrogens (tertiary/aromatic N) is 1. The summed E-state index contributed by atoms with van der Waals surface area (Å²) in [6.07, 6.45) is 1.47. The first-order valence-electron chi connectivity index (χ1n) is 9.53. The van der Waals surface area contributed by atoms with Crippen LogP contribution in [0.2, 0.25) is 0 Å². The van der Waals surface area contributed by atoms with Gasteiger partial charge in [-0.05, 0) is 60.7 Å². The molecule has 0 bridgehead atoms. The fraction of sp³-hybridized carbons (Fsp3) is 0.227. The number of likely N-dealkylation sites (N-methyl/N-ethyl adjacent to an activating group) is 1. The molecule has 164 valence electrons. The summed E-state index contributed by atoms with van der Waals surface area (Å²) in [7, 11) is -0.458. The van der Waals surface area contributed by atoms with E-state index in [-0.39, 0.29) is 17.3 Å². The maximum absolute atomic E-state index is 12.6.